The number of nitrogen functional groups attached to an aromatic ring is 1. The van der Waals surface area contributed by atoms with Crippen molar-refractivity contribution in [2.24, 2.45) is 5.92 Å². The van der Waals surface area contributed by atoms with Gasteiger partial charge in [-0.15, -0.1) is 0 Å². The first-order chi connectivity index (χ1) is 16.3. The maximum absolute atomic E-state index is 6.22. The average molecular weight is 446 g/mol. The van der Waals surface area contributed by atoms with Gasteiger partial charge in [0.15, 0.2) is 11.5 Å². The second-order valence-electron chi connectivity index (χ2n) is 8.21. The van der Waals surface area contributed by atoms with Crippen molar-refractivity contribution in [2.45, 2.75) is 32.0 Å². The summed E-state index contributed by atoms with van der Waals surface area (Å²) in [4.78, 5) is 12.7. The standard InChI is InChI=1S/C25H27N5O3/c26-24-23-25(28-16-27-24)30(17-29-23)11-21-20(14-31-12-18-7-3-1-4-8-18)22(33-21)15-32-13-19-9-5-2-6-10-19/h1-10,16-17,20-22H,11-15H2,(H2,26,27,28)/t20-,21-,22+/m0/s1. The summed E-state index contributed by atoms with van der Waals surface area (Å²) < 4.78 is 20.2. The van der Waals surface area contributed by atoms with Crippen molar-refractivity contribution in [3.05, 3.63) is 84.4 Å². The van der Waals surface area contributed by atoms with Gasteiger partial charge >= 0.3 is 0 Å². The van der Waals surface area contributed by atoms with Gasteiger partial charge in [0, 0.05) is 5.92 Å². The number of ether oxygens (including phenoxy) is 3. The summed E-state index contributed by atoms with van der Waals surface area (Å²) in [6.07, 6.45) is 3.14. The molecule has 170 valence electrons. The largest absolute Gasteiger partial charge is 0.382 e. The van der Waals surface area contributed by atoms with Crippen molar-refractivity contribution >= 4 is 17.0 Å². The fraction of sp³-hybridized carbons (Fsp3) is 0.320. The molecular weight excluding hydrogens is 418 g/mol. The van der Waals surface area contributed by atoms with Gasteiger partial charge in [-0.05, 0) is 11.1 Å². The Hall–Kier alpha value is -3.33. The molecule has 1 aliphatic rings. The summed E-state index contributed by atoms with van der Waals surface area (Å²) in [5, 5.41) is 0. The first-order valence-corrected chi connectivity index (χ1v) is 11.1. The quantitative estimate of drug-likeness (QED) is 0.400. The molecule has 1 saturated heterocycles. The zero-order valence-corrected chi connectivity index (χ0v) is 18.3. The molecule has 0 aliphatic carbocycles. The van der Waals surface area contributed by atoms with E-state index in [1.165, 1.54) is 6.33 Å². The van der Waals surface area contributed by atoms with Crippen LogP contribution in [-0.2, 0) is 34.0 Å². The van der Waals surface area contributed by atoms with Crippen molar-refractivity contribution in [2.75, 3.05) is 18.9 Å². The second-order valence-corrected chi connectivity index (χ2v) is 8.21. The Morgan fingerprint density at radius 1 is 0.818 bits per heavy atom. The summed E-state index contributed by atoms with van der Waals surface area (Å²) in [5.74, 6) is 0.573. The SMILES string of the molecule is Nc1ncnc2c1ncn2C[C@@H]1O[C@H](COCc2ccccc2)[C@H]1COCc1ccccc1. The molecule has 0 amide bonds. The highest BCUT2D eigenvalue weighted by Crippen LogP contribution is 2.32. The van der Waals surface area contributed by atoms with Crippen molar-refractivity contribution in [3.8, 4) is 0 Å². The fourth-order valence-electron chi connectivity index (χ4n) is 4.11. The van der Waals surface area contributed by atoms with E-state index in [9.17, 15) is 0 Å². The first kappa shape index (κ1) is 21.5. The van der Waals surface area contributed by atoms with Crippen LogP contribution in [0.2, 0.25) is 0 Å². The number of benzene rings is 2. The molecule has 2 aromatic heterocycles. The third-order valence-corrected chi connectivity index (χ3v) is 5.93. The van der Waals surface area contributed by atoms with Crippen LogP contribution in [0.5, 0.6) is 0 Å². The molecule has 0 bridgehead atoms. The molecule has 8 heteroatoms. The molecule has 3 heterocycles. The predicted octanol–water partition coefficient (Wildman–Crippen LogP) is 3.23. The number of hydrogen-bond acceptors (Lipinski definition) is 7. The Balaban J connectivity index is 1.22. The van der Waals surface area contributed by atoms with E-state index in [-0.39, 0.29) is 18.1 Å². The topological polar surface area (TPSA) is 97.3 Å². The number of fused-ring (bicyclic) bond motifs is 1. The fourth-order valence-corrected chi connectivity index (χ4v) is 4.11. The lowest BCUT2D eigenvalue weighted by Crippen LogP contribution is -2.55. The van der Waals surface area contributed by atoms with E-state index in [2.05, 4.69) is 39.2 Å². The molecule has 4 aromatic rings. The van der Waals surface area contributed by atoms with Crippen molar-refractivity contribution in [1.82, 2.24) is 19.5 Å². The number of rotatable bonds is 10. The zero-order chi connectivity index (χ0) is 22.5. The minimum Gasteiger partial charge on any atom is -0.382 e. The van der Waals surface area contributed by atoms with Crippen LogP contribution >= 0.6 is 0 Å². The number of hydrogen-bond donors (Lipinski definition) is 1. The second kappa shape index (κ2) is 10.1. The molecule has 2 N–H and O–H groups in total. The van der Waals surface area contributed by atoms with Gasteiger partial charge in [-0.25, -0.2) is 15.0 Å². The summed E-state index contributed by atoms with van der Waals surface area (Å²) in [7, 11) is 0. The van der Waals surface area contributed by atoms with Crippen LogP contribution in [0.25, 0.3) is 11.2 Å². The minimum absolute atomic E-state index is 0.0241. The monoisotopic (exact) mass is 445 g/mol. The molecule has 2 aromatic carbocycles. The maximum atomic E-state index is 6.22. The van der Waals surface area contributed by atoms with Crippen LogP contribution in [0.4, 0.5) is 5.82 Å². The molecule has 0 saturated carbocycles. The van der Waals surface area contributed by atoms with E-state index >= 15 is 0 Å². The van der Waals surface area contributed by atoms with E-state index in [0.29, 0.717) is 50.0 Å². The Morgan fingerprint density at radius 2 is 1.48 bits per heavy atom. The molecule has 8 nitrogen and oxygen atoms in total. The van der Waals surface area contributed by atoms with Crippen LogP contribution in [-0.4, -0.2) is 44.9 Å². The van der Waals surface area contributed by atoms with Gasteiger partial charge in [0.05, 0.1) is 51.5 Å². The minimum atomic E-state index is -0.0281. The van der Waals surface area contributed by atoms with Crippen LogP contribution in [0.3, 0.4) is 0 Å². The van der Waals surface area contributed by atoms with Gasteiger partial charge in [-0.3, -0.25) is 0 Å². The van der Waals surface area contributed by atoms with E-state index < -0.39 is 0 Å². The first-order valence-electron chi connectivity index (χ1n) is 11.1. The molecule has 1 fully saturated rings. The normalized spacial score (nSPS) is 20.1. The van der Waals surface area contributed by atoms with Crippen molar-refractivity contribution in [3.63, 3.8) is 0 Å². The predicted molar refractivity (Wildman–Crippen MR) is 124 cm³/mol. The van der Waals surface area contributed by atoms with E-state index in [1.54, 1.807) is 6.33 Å². The molecule has 33 heavy (non-hydrogen) atoms. The highest BCUT2D eigenvalue weighted by molar-refractivity contribution is 5.81. The molecule has 5 rings (SSSR count). The molecular formula is C25H27N5O3. The van der Waals surface area contributed by atoms with Crippen molar-refractivity contribution < 1.29 is 14.2 Å². The Labute approximate surface area is 192 Å². The lowest BCUT2D eigenvalue weighted by atomic mass is 9.90. The number of imidazole rings is 1. The summed E-state index contributed by atoms with van der Waals surface area (Å²) in [6.45, 7) is 2.85. The van der Waals surface area contributed by atoms with E-state index in [4.69, 9.17) is 19.9 Å². The zero-order valence-electron chi connectivity index (χ0n) is 18.3. The van der Waals surface area contributed by atoms with Crippen molar-refractivity contribution in [1.29, 1.82) is 0 Å². The number of nitrogens with two attached hydrogens (primary N) is 1. The lowest BCUT2D eigenvalue weighted by Gasteiger charge is -2.44. The Bertz CT molecular complexity index is 1170. The van der Waals surface area contributed by atoms with Gasteiger partial charge in [-0.1, -0.05) is 60.7 Å². The van der Waals surface area contributed by atoms with Crippen LogP contribution in [0, 0.1) is 5.92 Å². The maximum Gasteiger partial charge on any atom is 0.165 e. The third kappa shape index (κ3) is 5.03. The Kier molecular flexibility index (Phi) is 6.57. The molecule has 3 atom stereocenters. The summed E-state index contributed by atoms with van der Waals surface area (Å²) in [6, 6.07) is 20.3. The van der Waals surface area contributed by atoms with Crippen LogP contribution in [0.15, 0.2) is 73.3 Å². The molecule has 0 radical (unpaired) electrons. The van der Waals surface area contributed by atoms with Gasteiger partial charge < -0.3 is 24.5 Å². The Morgan fingerprint density at radius 3 is 2.18 bits per heavy atom. The van der Waals surface area contributed by atoms with Crippen LogP contribution < -0.4 is 5.73 Å². The summed E-state index contributed by atoms with van der Waals surface area (Å²) >= 11 is 0. The highest BCUT2D eigenvalue weighted by Gasteiger charge is 2.43. The van der Waals surface area contributed by atoms with Crippen LogP contribution in [0.1, 0.15) is 11.1 Å². The van der Waals surface area contributed by atoms with E-state index in [1.807, 2.05) is 41.0 Å². The summed E-state index contributed by atoms with van der Waals surface area (Å²) in [5.41, 5.74) is 9.54. The molecule has 0 spiro atoms. The van der Waals surface area contributed by atoms with Gasteiger partial charge in [0.25, 0.3) is 0 Å². The van der Waals surface area contributed by atoms with Gasteiger partial charge in [0.1, 0.15) is 11.8 Å². The third-order valence-electron chi connectivity index (χ3n) is 5.93. The number of aromatic nitrogens is 4. The number of nitrogens with zero attached hydrogens (tertiary/aromatic N) is 4. The molecule has 0 unspecified atom stereocenters. The van der Waals surface area contributed by atoms with E-state index in [0.717, 1.165) is 11.1 Å². The smallest absolute Gasteiger partial charge is 0.165 e. The molecule has 1 aliphatic heterocycles. The van der Waals surface area contributed by atoms with Gasteiger partial charge in [-0.2, -0.15) is 0 Å². The highest BCUT2D eigenvalue weighted by atomic mass is 16.6. The average Bonchev–Trinajstić information content (AvgIpc) is 3.26. The van der Waals surface area contributed by atoms with Gasteiger partial charge in [0.2, 0.25) is 0 Å². The number of anilines is 1. The lowest BCUT2D eigenvalue weighted by molar-refractivity contribution is -0.226.